The fraction of sp³-hybridized carbons (Fsp3) is 0.941. The lowest BCUT2D eigenvalue weighted by molar-refractivity contribution is -0.128. The van der Waals surface area contributed by atoms with Gasteiger partial charge in [0.15, 0.2) is 0 Å². The van der Waals surface area contributed by atoms with E-state index in [-0.39, 0.29) is 0 Å². The molecular formula is C17H30N2O. The van der Waals surface area contributed by atoms with E-state index in [1.807, 2.05) is 0 Å². The number of hydrogen-bond donors (Lipinski definition) is 1. The first-order valence-corrected chi connectivity index (χ1v) is 8.77. The molecule has 1 amide bonds. The van der Waals surface area contributed by atoms with Crippen molar-refractivity contribution in [2.75, 3.05) is 13.1 Å². The Labute approximate surface area is 123 Å². The van der Waals surface area contributed by atoms with Crippen LogP contribution in [-0.4, -0.2) is 30.1 Å². The summed E-state index contributed by atoms with van der Waals surface area (Å²) in [4.78, 5) is 14.3. The molecule has 3 unspecified atom stereocenters. The number of nitrogens with zero attached hydrogens (tertiary/aromatic N) is 1. The largest absolute Gasteiger partial charge is 0.326 e. The third-order valence-corrected chi connectivity index (χ3v) is 5.79. The van der Waals surface area contributed by atoms with E-state index in [1.165, 1.54) is 57.8 Å². The van der Waals surface area contributed by atoms with Gasteiger partial charge in [-0.1, -0.05) is 39.0 Å². The van der Waals surface area contributed by atoms with Crippen LogP contribution in [0.4, 0.5) is 0 Å². The highest BCUT2D eigenvalue weighted by molar-refractivity contribution is 5.80. The monoisotopic (exact) mass is 278 g/mol. The molecule has 3 aliphatic rings. The van der Waals surface area contributed by atoms with Crippen molar-refractivity contribution in [3.05, 3.63) is 0 Å². The van der Waals surface area contributed by atoms with Gasteiger partial charge in [0.25, 0.3) is 0 Å². The molecule has 0 aromatic rings. The van der Waals surface area contributed by atoms with Crippen LogP contribution >= 0.6 is 0 Å². The van der Waals surface area contributed by atoms with Gasteiger partial charge in [-0.2, -0.15) is 0 Å². The van der Waals surface area contributed by atoms with E-state index in [4.69, 9.17) is 0 Å². The second kappa shape index (κ2) is 6.46. The molecule has 0 radical (unpaired) electrons. The zero-order chi connectivity index (χ0) is 13.9. The third kappa shape index (κ3) is 3.19. The van der Waals surface area contributed by atoms with Crippen molar-refractivity contribution in [1.82, 2.24) is 10.2 Å². The van der Waals surface area contributed by atoms with E-state index in [2.05, 4.69) is 17.1 Å². The fourth-order valence-electron chi connectivity index (χ4n) is 4.66. The van der Waals surface area contributed by atoms with E-state index in [0.29, 0.717) is 24.5 Å². The number of carbonyl (C=O) groups is 1. The van der Waals surface area contributed by atoms with Crippen molar-refractivity contribution in [2.24, 2.45) is 17.8 Å². The smallest absolute Gasteiger partial charge is 0.237 e. The zero-order valence-corrected chi connectivity index (χ0v) is 12.9. The van der Waals surface area contributed by atoms with E-state index in [1.54, 1.807) is 0 Å². The molecule has 3 atom stereocenters. The molecule has 3 rings (SSSR count). The molecule has 0 bridgehead atoms. The Morgan fingerprint density at radius 2 is 1.95 bits per heavy atom. The molecular weight excluding hydrogens is 248 g/mol. The quantitative estimate of drug-likeness (QED) is 0.857. The number of nitrogens with one attached hydrogen (secondary N) is 1. The Kier molecular flexibility index (Phi) is 4.65. The summed E-state index contributed by atoms with van der Waals surface area (Å²) >= 11 is 0. The molecule has 1 heterocycles. The topological polar surface area (TPSA) is 32.3 Å². The van der Waals surface area contributed by atoms with Crippen molar-refractivity contribution < 1.29 is 4.79 Å². The van der Waals surface area contributed by atoms with Gasteiger partial charge in [-0.3, -0.25) is 10.1 Å². The average Bonchev–Trinajstić information content (AvgIpc) is 3.06. The van der Waals surface area contributed by atoms with Gasteiger partial charge in [0, 0.05) is 6.54 Å². The summed E-state index contributed by atoms with van der Waals surface area (Å²) in [6.07, 6.45) is 12.5. The molecule has 0 aromatic heterocycles. The summed E-state index contributed by atoms with van der Waals surface area (Å²) in [5.74, 6) is 2.81. The minimum atomic E-state index is 0.339. The second-order valence-electron chi connectivity index (χ2n) is 7.38. The first-order valence-electron chi connectivity index (χ1n) is 8.77. The summed E-state index contributed by atoms with van der Waals surface area (Å²) in [7, 11) is 0. The molecule has 1 saturated heterocycles. The molecule has 1 N–H and O–H groups in total. The highest BCUT2D eigenvalue weighted by atomic mass is 16.2. The summed E-state index contributed by atoms with van der Waals surface area (Å²) < 4.78 is 0. The van der Waals surface area contributed by atoms with Crippen LogP contribution in [0.1, 0.15) is 64.7 Å². The Morgan fingerprint density at radius 3 is 2.70 bits per heavy atom. The van der Waals surface area contributed by atoms with Gasteiger partial charge >= 0.3 is 0 Å². The molecule has 1 aliphatic heterocycles. The molecule has 0 aromatic carbocycles. The predicted molar refractivity (Wildman–Crippen MR) is 81.2 cm³/mol. The number of rotatable bonds is 4. The van der Waals surface area contributed by atoms with Crippen LogP contribution in [0, 0.1) is 17.8 Å². The lowest BCUT2D eigenvalue weighted by Crippen LogP contribution is -2.43. The minimum Gasteiger partial charge on any atom is -0.326 e. The van der Waals surface area contributed by atoms with Crippen LogP contribution in [0.2, 0.25) is 0 Å². The second-order valence-corrected chi connectivity index (χ2v) is 7.38. The minimum absolute atomic E-state index is 0.339. The summed E-state index contributed by atoms with van der Waals surface area (Å²) in [6.45, 7) is 3.95. The van der Waals surface area contributed by atoms with E-state index >= 15 is 0 Å². The molecule has 2 saturated carbocycles. The molecule has 3 heteroatoms. The van der Waals surface area contributed by atoms with Gasteiger partial charge in [-0.25, -0.2) is 0 Å². The first kappa shape index (κ1) is 14.4. The van der Waals surface area contributed by atoms with Gasteiger partial charge in [-0.05, 0) is 43.4 Å². The fourth-order valence-corrected chi connectivity index (χ4v) is 4.66. The molecule has 20 heavy (non-hydrogen) atoms. The molecule has 3 fully saturated rings. The third-order valence-electron chi connectivity index (χ3n) is 5.79. The van der Waals surface area contributed by atoms with Crippen LogP contribution in [0.25, 0.3) is 0 Å². The van der Waals surface area contributed by atoms with Gasteiger partial charge in [0.1, 0.15) is 0 Å². The molecule has 114 valence electrons. The summed E-state index contributed by atoms with van der Waals surface area (Å²) in [5, 5.41) is 3.47. The van der Waals surface area contributed by atoms with Crippen LogP contribution in [-0.2, 0) is 4.79 Å². The summed E-state index contributed by atoms with van der Waals surface area (Å²) in [6, 6.07) is 0. The Bertz CT molecular complexity index is 338. The van der Waals surface area contributed by atoms with Crippen molar-refractivity contribution in [3.8, 4) is 0 Å². The zero-order valence-electron chi connectivity index (χ0n) is 12.9. The van der Waals surface area contributed by atoms with Gasteiger partial charge in [0.2, 0.25) is 5.91 Å². The van der Waals surface area contributed by atoms with Crippen molar-refractivity contribution >= 4 is 5.91 Å². The van der Waals surface area contributed by atoms with E-state index < -0.39 is 0 Å². The molecule has 2 aliphatic carbocycles. The Balaban J connectivity index is 1.52. The number of carbonyl (C=O) groups excluding carboxylic acids is 1. The van der Waals surface area contributed by atoms with Crippen molar-refractivity contribution in [3.63, 3.8) is 0 Å². The SMILES string of the molecule is CC1CCCC(CCN2C(=O)CNC2C2CCCC2)C1. The normalized spacial score (nSPS) is 36.0. The van der Waals surface area contributed by atoms with Crippen molar-refractivity contribution in [1.29, 1.82) is 0 Å². The van der Waals surface area contributed by atoms with Gasteiger partial charge in [0.05, 0.1) is 12.7 Å². The number of amides is 1. The van der Waals surface area contributed by atoms with Crippen LogP contribution in [0.3, 0.4) is 0 Å². The number of hydrogen-bond acceptors (Lipinski definition) is 2. The highest BCUT2D eigenvalue weighted by Gasteiger charge is 2.37. The maximum absolute atomic E-state index is 12.1. The van der Waals surface area contributed by atoms with Gasteiger partial charge < -0.3 is 4.90 Å². The highest BCUT2D eigenvalue weighted by Crippen LogP contribution is 2.33. The molecule has 3 nitrogen and oxygen atoms in total. The predicted octanol–water partition coefficient (Wildman–Crippen LogP) is 3.15. The molecule has 0 spiro atoms. The summed E-state index contributed by atoms with van der Waals surface area (Å²) in [5.41, 5.74) is 0. The Morgan fingerprint density at radius 1 is 1.15 bits per heavy atom. The van der Waals surface area contributed by atoms with Crippen LogP contribution < -0.4 is 5.32 Å². The lowest BCUT2D eigenvalue weighted by atomic mass is 9.81. The van der Waals surface area contributed by atoms with E-state index in [9.17, 15) is 4.79 Å². The maximum atomic E-state index is 12.1. The van der Waals surface area contributed by atoms with Gasteiger partial charge in [-0.15, -0.1) is 0 Å². The van der Waals surface area contributed by atoms with E-state index in [0.717, 1.165) is 18.4 Å². The Hall–Kier alpha value is -0.570. The van der Waals surface area contributed by atoms with Crippen molar-refractivity contribution in [2.45, 2.75) is 70.9 Å². The lowest BCUT2D eigenvalue weighted by Gasteiger charge is -2.32. The maximum Gasteiger partial charge on any atom is 0.237 e. The first-order chi connectivity index (χ1) is 9.74. The average molecular weight is 278 g/mol. The standard InChI is InChI=1S/C17H30N2O/c1-13-5-4-6-14(11-13)9-10-19-16(20)12-18-17(19)15-7-2-3-8-15/h13-15,17-18H,2-12H2,1H3. The van der Waals surface area contributed by atoms with Crippen LogP contribution in [0.15, 0.2) is 0 Å². The van der Waals surface area contributed by atoms with Crippen LogP contribution in [0.5, 0.6) is 0 Å².